The van der Waals surface area contributed by atoms with Crippen LogP contribution in [-0.2, 0) is 29.0 Å². The zero-order valence-corrected chi connectivity index (χ0v) is 22.5. The fourth-order valence-corrected chi connectivity index (χ4v) is 5.22. The van der Waals surface area contributed by atoms with E-state index in [4.69, 9.17) is 9.47 Å². The number of piperazine rings is 1. The molecule has 1 saturated heterocycles. The third-order valence-electron chi connectivity index (χ3n) is 6.39. The van der Waals surface area contributed by atoms with E-state index in [0.29, 0.717) is 32.7 Å². The van der Waals surface area contributed by atoms with E-state index < -0.39 is 5.60 Å². The van der Waals surface area contributed by atoms with Crippen LogP contribution in [0.3, 0.4) is 0 Å². The Balaban J connectivity index is 1.46. The molecule has 0 aromatic heterocycles. The minimum atomic E-state index is -0.517. The Morgan fingerprint density at radius 2 is 1.74 bits per heavy atom. The summed E-state index contributed by atoms with van der Waals surface area (Å²) in [4.78, 5) is 31.4. The summed E-state index contributed by atoms with van der Waals surface area (Å²) in [6.07, 6.45) is 0.195. The number of carbonyl (C=O) groups is 2. The summed E-state index contributed by atoms with van der Waals surface area (Å²) < 4.78 is 12.3. The van der Waals surface area contributed by atoms with Gasteiger partial charge in [-0.25, -0.2) is 9.59 Å². The molecule has 4 rings (SSSR count). The quantitative estimate of drug-likeness (QED) is 0.504. The van der Waals surface area contributed by atoms with Gasteiger partial charge >= 0.3 is 12.2 Å². The summed E-state index contributed by atoms with van der Waals surface area (Å²) in [5, 5.41) is 0. The van der Waals surface area contributed by atoms with Gasteiger partial charge in [0.15, 0.2) is 0 Å². The van der Waals surface area contributed by atoms with E-state index >= 15 is 0 Å². The Kier molecular flexibility index (Phi) is 7.59. The number of rotatable bonds is 3. The molecule has 0 spiro atoms. The summed E-state index contributed by atoms with van der Waals surface area (Å²) >= 11 is 3.70. The molecule has 1 atom stereocenters. The maximum absolute atomic E-state index is 12.9. The summed E-state index contributed by atoms with van der Waals surface area (Å²) in [5.41, 5.74) is 3.94. The maximum Gasteiger partial charge on any atom is 0.410 e. The first-order valence-corrected chi connectivity index (χ1v) is 12.9. The van der Waals surface area contributed by atoms with Gasteiger partial charge in [-0.2, -0.15) is 0 Å². The van der Waals surface area contributed by atoms with Crippen LogP contribution in [-0.4, -0.2) is 59.8 Å². The Hall–Kier alpha value is -2.74. The smallest absolute Gasteiger partial charge is 0.410 e. The van der Waals surface area contributed by atoms with Crippen molar-refractivity contribution in [2.75, 3.05) is 31.1 Å². The van der Waals surface area contributed by atoms with Crippen molar-refractivity contribution in [3.8, 4) is 0 Å². The molecule has 0 aliphatic carbocycles. The second-order valence-corrected chi connectivity index (χ2v) is 11.1. The van der Waals surface area contributed by atoms with Crippen molar-refractivity contribution >= 4 is 33.8 Å². The van der Waals surface area contributed by atoms with Gasteiger partial charge in [0.1, 0.15) is 12.2 Å². The van der Waals surface area contributed by atoms with Crippen molar-refractivity contribution in [2.24, 2.45) is 0 Å². The average Bonchev–Trinajstić information content (AvgIpc) is 2.82. The monoisotopic (exact) mass is 543 g/mol. The Labute approximate surface area is 216 Å². The number of anilines is 1. The minimum Gasteiger partial charge on any atom is -0.445 e. The van der Waals surface area contributed by atoms with Gasteiger partial charge in [-0.3, -0.25) is 0 Å². The summed E-state index contributed by atoms with van der Waals surface area (Å²) in [6, 6.07) is 13.9. The molecule has 0 radical (unpaired) electrons. The number of hydrogen-bond donors (Lipinski definition) is 0. The number of benzene rings is 2. The summed E-state index contributed by atoms with van der Waals surface area (Å²) in [6.45, 7) is 11.1. The van der Waals surface area contributed by atoms with Crippen molar-refractivity contribution in [3.63, 3.8) is 0 Å². The molecule has 2 aliphatic rings. The first-order chi connectivity index (χ1) is 16.6. The van der Waals surface area contributed by atoms with Crippen LogP contribution in [0.25, 0.3) is 0 Å². The van der Waals surface area contributed by atoms with E-state index in [-0.39, 0.29) is 24.8 Å². The molecule has 7 nitrogen and oxygen atoms in total. The largest absolute Gasteiger partial charge is 0.445 e. The van der Waals surface area contributed by atoms with Crippen molar-refractivity contribution in [2.45, 2.75) is 58.9 Å². The molecular weight excluding hydrogens is 510 g/mol. The zero-order valence-electron chi connectivity index (χ0n) is 20.9. The lowest BCUT2D eigenvalue weighted by Crippen LogP contribution is -2.55. The second kappa shape index (κ2) is 10.5. The van der Waals surface area contributed by atoms with Crippen LogP contribution in [0.5, 0.6) is 0 Å². The normalized spacial score (nSPS) is 18.2. The lowest BCUT2D eigenvalue weighted by atomic mass is 9.97. The highest BCUT2D eigenvalue weighted by molar-refractivity contribution is 9.10. The van der Waals surface area contributed by atoms with Gasteiger partial charge in [-0.15, -0.1) is 0 Å². The lowest BCUT2D eigenvalue weighted by molar-refractivity contribution is 0.0158. The van der Waals surface area contributed by atoms with Crippen LogP contribution >= 0.6 is 15.9 Å². The molecule has 2 amide bonds. The van der Waals surface area contributed by atoms with Gasteiger partial charge < -0.3 is 24.2 Å². The topological polar surface area (TPSA) is 62.3 Å². The molecule has 0 bridgehead atoms. The molecule has 2 aromatic carbocycles. The molecule has 35 heavy (non-hydrogen) atoms. The number of carbonyl (C=O) groups excluding carboxylic acids is 2. The molecule has 1 unspecified atom stereocenters. The predicted molar refractivity (Wildman–Crippen MR) is 139 cm³/mol. The standard InChI is InChI=1S/C27H34BrN3O4/c1-19-16-29(14-15-31(19)26(33)35-27(2,3)4)24-11-10-23(28)21-12-13-30(17-22(21)24)25(32)34-18-20-8-6-5-7-9-20/h5-11,19H,12-18H2,1-4H3. The number of ether oxygens (including phenoxy) is 2. The van der Waals surface area contributed by atoms with E-state index in [9.17, 15) is 9.59 Å². The second-order valence-electron chi connectivity index (χ2n) is 10.2. The molecule has 2 aliphatic heterocycles. The van der Waals surface area contributed by atoms with E-state index in [2.05, 4.69) is 39.9 Å². The van der Waals surface area contributed by atoms with Gasteiger partial charge in [0, 0.05) is 42.4 Å². The van der Waals surface area contributed by atoms with Crippen LogP contribution in [0.15, 0.2) is 46.9 Å². The first kappa shape index (κ1) is 25.4. The number of nitrogens with zero attached hydrogens (tertiary/aromatic N) is 3. The highest BCUT2D eigenvalue weighted by Crippen LogP contribution is 2.35. The lowest BCUT2D eigenvalue weighted by Gasteiger charge is -2.42. The van der Waals surface area contributed by atoms with Gasteiger partial charge in [-0.1, -0.05) is 46.3 Å². The molecule has 2 heterocycles. The molecule has 8 heteroatoms. The molecule has 0 saturated carbocycles. The Morgan fingerprint density at radius 1 is 1.00 bits per heavy atom. The van der Waals surface area contributed by atoms with Crippen molar-refractivity contribution in [1.82, 2.24) is 9.80 Å². The fourth-order valence-electron chi connectivity index (χ4n) is 4.65. The van der Waals surface area contributed by atoms with E-state index in [1.807, 2.05) is 51.1 Å². The molecule has 188 valence electrons. The van der Waals surface area contributed by atoms with Crippen LogP contribution in [0, 0.1) is 0 Å². The van der Waals surface area contributed by atoms with E-state index in [1.54, 1.807) is 9.80 Å². The Bertz CT molecular complexity index is 1070. The zero-order chi connectivity index (χ0) is 25.2. The molecule has 1 fully saturated rings. The fraction of sp³-hybridized carbons (Fsp3) is 0.481. The number of fused-ring (bicyclic) bond motifs is 1. The van der Waals surface area contributed by atoms with Gasteiger partial charge in [0.2, 0.25) is 0 Å². The van der Waals surface area contributed by atoms with Crippen molar-refractivity contribution in [3.05, 3.63) is 63.6 Å². The van der Waals surface area contributed by atoms with Gasteiger partial charge in [-0.05, 0) is 62.9 Å². The first-order valence-electron chi connectivity index (χ1n) is 12.1. The summed E-state index contributed by atoms with van der Waals surface area (Å²) in [5.74, 6) is 0. The van der Waals surface area contributed by atoms with Crippen molar-refractivity contribution < 1.29 is 19.1 Å². The number of hydrogen-bond acceptors (Lipinski definition) is 5. The molecule has 0 N–H and O–H groups in total. The number of halogens is 1. The third-order valence-corrected chi connectivity index (χ3v) is 7.13. The van der Waals surface area contributed by atoms with Crippen molar-refractivity contribution in [1.29, 1.82) is 0 Å². The van der Waals surface area contributed by atoms with E-state index in [0.717, 1.165) is 27.7 Å². The van der Waals surface area contributed by atoms with Crippen LogP contribution in [0.2, 0.25) is 0 Å². The van der Waals surface area contributed by atoms with Crippen LogP contribution in [0.1, 0.15) is 44.4 Å². The number of amides is 2. The Morgan fingerprint density at radius 3 is 2.43 bits per heavy atom. The molecule has 2 aromatic rings. The van der Waals surface area contributed by atoms with Gasteiger partial charge in [0.25, 0.3) is 0 Å². The molecular formula is C27H34BrN3O4. The third kappa shape index (κ3) is 6.10. The van der Waals surface area contributed by atoms with Crippen LogP contribution < -0.4 is 4.90 Å². The highest BCUT2D eigenvalue weighted by atomic mass is 79.9. The minimum absolute atomic E-state index is 0.00780. The SMILES string of the molecule is CC1CN(c2ccc(Br)c3c2CN(C(=O)OCc2ccccc2)CC3)CCN1C(=O)OC(C)(C)C. The summed E-state index contributed by atoms with van der Waals surface area (Å²) in [7, 11) is 0. The van der Waals surface area contributed by atoms with E-state index in [1.165, 1.54) is 5.56 Å². The van der Waals surface area contributed by atoms with Gasteiger partial charge in [0.05, 0.1) is 6.54 Å². The predicted octanol–water partition coefficient (Wildman–Crippen LogP) is 5.59. The maximum atomic E-state index is 12.9. The van der Waals surface area contributed by atoms with Crippen LogP contribution in [0.4, 0.5) is 15.3 Å². The average molecular weight is 544 g/mol. The highest BCUT2D eigenvalue weighted by Gasteiger charge is 2.33.